The molecule has 3 heterocycles. The van der Waals surface area contributed by atoms with Gasteiger partial charge in [-0.1, -0.05) is 77.6 Å². The van der Waals surface area contributed by atoms with E-state index in [9.17, 15) is 4.79 Å². The third-order valence-corrected chi connectivity index (χ3v) is 7.81. The molecule has 0 unspecified atom stereocenters. The van der Waals surface area contributed by atoms with E-state index in [-0.39, 0.29) is 12.7 Å². The second-order valence-electron chi connectivity index (χ2n) is 11.6. The SMILES string of the molecule is CCCCCCCCCCCCOC[C@@]12O[C@@H](CN3CCCCCC3)[C@@H](OC(=O)NC)[C@@H]1OC(C)(C)O2. The Kier molecular flexibility index (Phi) is 12.9. The normalized spacial score (nSPS) is 29.7. The summed E-state index contributed by atoms with van der Waals surface area (Å²) in [5.41, 5.74) is 0. The molecule has 0 radical (unpaired) electrons. The summed E-state index contributed by atoms with van der Waals surface area (Å²) < 4.78 is 31.2. The molecule has 3 aliphatic rings. The van der Waals surface area contributed by atoms with Crippen molar-refractivity contribution in [2.24, 2.45) is 0 Å². The molecule has 8 nitrogen and oxygen atoms in total. The zero-order valence-corrected chi connectivity index (χ0v) is 24.1. The largest absolute Gasteiger partial charge is 0.440 e. The number of unbranched alkanes of at least 4 members (excludes halogenated alkanes) is 9. The fourth-order valence-corrected chi connectivity index (χ4v) is 5.91. The maximum Gasteiger partial charge on any atom is 0.407 e. The van der Waals surface area contributed by atoms with Gasteiger partial charge < -0.3 is 33.9 Å². The van der Waals surface area contributed by atoms with Gasteiger partial charge in [0, 0.05) is 20.2 Å². The Morgan fingerprint density at radius 3 is 2.16 bits per heavy atom. The summed E-state index contributed by atoms with van der Waals surface area (Å²) in [6, 6.07) is 0. The van der Waals surface area contributed by atoms with Crippen LogP contribution in [0.2, 0.25) is 0 Å². The maximum absolute atomic E-state index is 12.3. The molecular weight excluding hydrogens is 472 g/mol. The van der Waals surface area contributed by atoms with Crippen LogP contribution in [0.15, 0.2) is 0 Å². The van der Waals surface area contributed by atoms with Gasteiger partial charge in [-0.05, 0) is 46.2 Å². The van der Waals surface area contributed by atoms with Crippen molar-refractivity contribution in [1.82, 2.24) is 10.2 Å². The van der Waals surface area contributed by atoms with Crippen molar-refractivity contribution in [1.29, 1.82) is 0 Å². The molecule has 3 saturated heterocycles. The molecule has 1 amide bonds. The number of carbonyl (C=O) groups is 1. The molecule has 0 spiro atoms. The number of likely N-dealkylation sites (tertiary alicyclic amines) is 1. The average Bonchev–Trinajstić information content (AvgIpc) is 3.11. The third kappa shape index (κ3) is 9.64. The molecule has 0 aromatic carbocycles. The van der Waals surface area contributed by atoms with Gasteiger partial charge in [-0.2, -0.15) is 0 Å². The molecule has 0 saturated carbocycles. The van der Waals surface area contributed by atoms with E-state index in [1.54, 1.807) is 7.05 Å². The van der Waals surface area contributed by atoms with Crippen LogP contribution in [0.5, 0.6) is 0 Å². The van der Waals surface area contributed by atoms with Crippen molar-refractivity contribution < 1.29 is 28.5 Å². The molecule has 1 N–H and O–H groups in total. The van der Waals surface area contributed by atoms with E-state index in [4.69, 9.17) is 23.7 Å². The molecule has 8 heteroatoms. The van der Waals surface area contributed by atoms with Gasteiger partial charge in [0.2, 0.25) is 5.79 Å². The van der Waals surface area contributed by atoms with Crippen LogP contribution in [0, 0.1) is 0 Å². The molecule has 0 bridgehead atoms. The molecule has 0 aliphatic carbocycles. The summed E-state index contributed by atoms with van der Waals surface area (Å²) in [6.45, 7) is 9.70. The highest BCUT2D eigenvalue weighted by Gasteiger charge is 2.66. The lowest BCUT2D eigenvalue weighted by molar-refractivity contribution is -0.279. The molecule has 37 heavy (non-hydrogen) atoms. The van der Waals surface area contributed by atoms with Crippen molar-refractivity contribution in [2.75, 3.05) is 39.9 Å². The summed E-state index contributed by atoms with van der Waals surface area (Å²) in [7, 11) is 1.57. The summed E-state index contributed by atoms with van der Waals surface area (Å²) in [6.07, 6.45) is 15.9. The number of nitrogens with zero attached hydrogens (tertiary/aromatic N) is 1. The standard InChI is InChI=1S/C29H54N2O6/c1-5-6-7-8-9-10-11-12-15-18-21-33-23-29-26(36-28(2,3)37-29)25(34-27(32)30-4)24(35-29)22-31-19-16-13-14-17-20-31/h24-26H,5-23H2,1-4H3,(H,30,32)/t24-,25+,26-,29-/m0/s1. The van der Waals surface area contributed by atoms with Gasteiger partial charge in [-0.15, -0.1) is 0 Å². The van der Waals surface area contributed by atoms with Crippen molar-refractivity contribution in [3.63, 3.8) is 0 Å². The van der Waals surface area contributed by atoms with Gasteiger partial charge in [-0.3, -0.25) is 0 Å². The minimum atomic E-state index is -1.07. The highest BCUT2D eigenvalue weighted by molar-refractivity contribution is 5.67. The van der Waals surface area contributed by atoms with Crippen molar-refractivity contribution in [2.45, 2.75) is 141 Å². The molecule has 0 aromatic heterocycles. The van der Waals surface area contributed by atoms with Crippen LogP contribution in [-0.4, -0.2) is 80.8 Å². The molecule has 216 valence electrons. The molecule has 3 rings (SSSR count). The van der Waals surface area contributed by atoms with Crippen molar-refractivity contribution in [3.05, 3.63) is 0 Å². The Labute approximate surface area is 225 Å². The topological polar surface area (TPSA) is 78.5 Å². The molecular formula is C29H54N2O6. The quantitative estimate of drug-likeness (QED) is 0.256. The second kappa shape index (κ2) is 15.6. The first-order valence-electron chi connectivity index (χ1n) is 15.1. The number of fused-ring (bicyclic) bond motifs is 1. The predicted molar refractivity (Wildman–Crippen MR) is 145 cm³/mol. The second-order valence-corrected chi connectivity index (χ2v) is 11.6. The summed E-state index contributed by atoms with van der Waals surface area (Å²) in [4.78, 5) is 14.7. The van der Waals surface area contributed by atoms with Crippen LogP contribution in [0.3, 0.4) is 0 Å². The first kappa shape index (κ1) is 30.6. The zero-order chi connectivity index (χ0) is 26.6. The van der Waals surface area contributed by atoms with E-state index in [0.29, 0.717) is 13.2 Å². The number of carbonyl (C=O) groups excluding carboxylic acids is 1. The van der Waals surface area contributed by atoms with E-state index in [0.717, 1.165) is 19.5 Å². The van der Waals surface area contributed by atoms with E-state index in [1.165, 1.54) is 83.5 Å². The monoisotopic (exact) mass is 526 g/mol. The molecule has 3 fully saturated rings. The van der Waals surface area contributed by atoms with Gasteiger partial charge in [-0.25, -0.2) is 4.79 Å². The fraction of sp³-hybridized carbons (Fsp3) is 0.966. The van der Waals surface area contributed by atoms with E-state index >= 15 is 0 Å². The van der Waals surface area contributed by atoms with Crippen LogP contribution in [0.1, 0.15) is 111 Å². The van der Waals surface area contributed by atoms with Gasteiger partial charge >= 0.3 is 6.09 Å². The van der Waals surface area contributed by atoms with Gasteiger partial charge in [0.05, 0.1) is 0 Å². The summed E-state index contributed by atoms with van der Waals surface area (Å²) in [5.74, 6) is -1.92. The van der Waals surface area contributed by atoms with E-state index < -0.39 is 29.9 Å². The van der Waals surface area contributed by atoms with Gasteiger partial charge in [0.15, 0.2) is 18.0 Å². The van der Waals surface area contributed by atoms with Crippen LogP contribution in [0.4, 0.5) is 4.79 Å². The van der Waals surface area contributed by atoms with Gasteiger partial charge in [0.1, 0.15) is 12.7 Å². The van der Waals surface area contributed by atoms with E-state index in [1.807, 2.05) is 13.8 Å². The highest BCUT2D eigenvalue weighted by atomic mass is 16.9. The van der Waals surface area contributed by atoms with Crippen LogP contribution < -0.4 is 5.32 Å². The number of rotatable bonds is 16. The third-order valence-electron chi connectivity index (χ3n) is 7.81. The maximum atomic E-state index is 12.3. The lowest BCUT2D eigenvalue weighted by Gasteiger charge is -2.31. The number of hydrogen-bond acceptors (Lipinski definition) is 7. The summed E-state index contributed by atoms with van der Waals surface area (Å²) >= 11 is 0. The summed E-state index contributed by atoms with van der Waals surface area (Å²) in [5, 5.41) is 2.57. The number of amides is 1. The smallest absolute Gasteiger partial charge is 0.407 e. The average molecular weight is 527 g/mol. The van der Waals surface area contributed by atoms with Crippen LogP contribution in [0.25, 0.3) is 0 Å². The first-order valence-corrected chi connectivity index (χ1v) is 15.1. The predicted octanol–water partition coefficient (Wildman–Crippen LogP) is 5.77. The minimum Gasteiger partial charge on any atom is -0.440 e. The van der Waals surface area contributed by atoms with Crippen LogP contribution in [-0.2, 0) is 23.7 Å². The van der Waals surface area contributed by atoms with Crippen molar-refractivity contribution in [3.8, 4) is 0 Å². The number of alkyl carbamates (subject to hydrolysis) is 1. The van der Waals surface area contributed by atoms with E-state index in [2.05, 4.69) is 17.1 Å². The molecule has 3 aliphatic heterocycles. The zero-order valence-electron chi connectivity index (χ0n) is 24.1. The lowest BCUT2D eigenvalue weighted by atomic mass is 10.0. The minimum absolute atomic E-state index is 0.266. The number of hydrogen-bond donors (Lipinski definition) is 1. The fourth-order valence-electron chi connectivity index (χ4n) is 5.91. The molecule has 0 aromatic rings. The number of nitrogens with one attached hydrogen (secondary N) is 1. The molecule has 4 atom stereocenters. The van der Waals surface area contributed by atoms with Crippen LogP contribution >= 0.6 is 0 Å². The Balaban J connectivity index is 1.49. The van der Waals surface area contributed by atoms with Crippen molar-refractivity contribution >= 4 is 6.09 Å². The lowest BCUT2D eigenvalue weighted by Crippen LogP contribution is -2.47. The number of ether oxygens (including phenoxy) is 5. The van der Waals surface area contributed by atoms with Gasteiger partial charge in [0.25, 0.3) is 0 Å². The Morgan fingerprint density at radius 2 is 1.54 bits per heavy atom. The Morgan fingerprint density at radius 1 is 0.919 bits per heavy atom. The first-order chi connectivity index (χ1) is 17.9. The Bertz CT molecular complexity index is 654. The highest BCUT2D eigenvalue weighted by Crippen LogP contribution is 2.47. The Hall–Kier alpha value is -0.930.